The highest BCUT2D eigenvalue weighted by Crippen LogP contribution is 2.29. The van der Waals surface area contributed by atoms with Crippen molar-refractivity contribution >= 4 is 5.78 Å². The van der Waals surface area contributed by atoms with E-state index in [1.165, 1.54) is 0 Å². The van der Waals surface area contributed by atoms with Gasteiger partial charge in [-0.1, -0.05) is 20.8 Å². The second kappa shape index (κ2) is 3.79. The zero-order valence-corrected chi connectivity index (χ0v) is 9.37. The number of nitrogens with zero attached hydrogens (tertiary/aromatic N) is 1. The van der Waals surface area contributed by atoms with Crippen LogP contribution in [0, 0.1) is 11.8 Å². The molecule has 2 atom stereocenters. The molecule has 0 saturated carbocycles. The monoisotopic (exact) mass is 183 g/mol. The van der Waals surface area contributed by atoms with Gasteiger partial charge in [-0.2, -0.15) is 0 Å². The minimum absolute atomic E-state index is 0.175. The molecule has 1 heterocycles. The third-order valence-electron chi connectivity index (χ3n) is 2.92. The van der Waals surface area contributed by atoms with Crippen LogP contribution in [-0.4, -0.2) is 29.3 Å². The van der Waals surface area contributed by atoms with Gasteiger partial charge in [-0.15, -0.1) is 0 Å². The molecule has 1 aliphatic heterocycles. The van der Waals surface area contributed by atoms with E-state index >= 15 is 0 Å². The van der Waals surface area contributed by atoms with Crippen LogP contribution < -0.4 is 0 Å². The summed E-state index contributed by atoms with van der Waals surface area (Å²) in [5.74, 6) is 1.14. The van der Waals surface area contributed by atoms with E-state index in [1.807, 2.05) is 13.8 Å². The molecule has 1 fully saturated rings. The van der Waals surface area contributed by atoms with Gasteiger partial charge in [-0.05, 0) is 19.8 Å². The van der Waals surface area contributed by atoms with Crippen LogP contribution >= 0.6 is 0 Å². The van der Waals surface area contributed by atoms with Crippen LogP contribution in [0.15, 0.2) is 0 Å². The topological polar surface area (TPSA) is 20.3 Å². The predicted molar refractivity (Wildman–Crippen MR) is 54.6 cm³/mol. The lowest BCUT2D eigenvalue weighted by atomic mass is 9.82. The van der Waals surface area contributed by atoms with E-state index in [1.54, 1.807) is 0 Å². The highest BCUT2D eigenvalue weighted by molar-refractivity contribution is 5.86. The van der Waals surface area contributed by atoms with Crippen LogP contribution in [0.4, 0.5) is 0 Å². The summed E-state index contributed by atoms with van der Waals surface area (Å²) in [6.07, 6.45) is 0. The van der Waals surface area contributed by atoms with Gasteiger partial charge in [0.2, 0.25) is 0 Å². The van der Waals surface area contributed by atoms with Crippen molar-refractivity contribution in [2.24, 2.45) is 11.8 Å². The van der Waals surface area contributed by atoms with Gasteiger partial charge in [0.05, 0.1) is 6.04 Å². The fourth-order valence-corrected chi connectivity index (χ4v) is 2.05. The van der Waals surface area contributed by atoms with Gasteiger partial charge >= 0.3 is 0 Å². The Labute approximate surface area is 81.3 Å². The maximum atomic E-state index is 11.8. The lowest BCUT2D eigenvalue weighted by Gasteiger charge is -2.48. The van der Waals surface area contributed by atoms with E-state index in [2.05, 4.69) is 25.7 Å². The summed E-state index contributed by atoms with van der Waals surface area (Å²) >= 11 is 0. The Bertz CT molecular complexity index is 198. The predicted octanol–water partition coefficient (Wildman–Crippen LogP) is 1.94. The van der Waals surface area contributed by atoms with E-state index in [-0.39, 0.29) is 12.0 Å². The van der Waals surface area contributed by atoms with Crippen LogP contribution in [-0.2, 0) is 4.79 Å². The van der Waals surface area contributed by atoms with Crippen molar-refractivity contribution in [1.82, 2.24) is 4.90 Å². The first-order valence-electron chi connectivity index (χ1n) is 5.24. The number of rotatable bonds is 3. The third kappa shape index (κ3) is 1.93. The first-order valence-corrected chi connectivity index (χ1v) is 5.24. The van der Waals surface area contributed by atoms with Crippen molar-refractivity contribution in [2.45, 2.75) is 46.7 Å². The molecule has 0 aromatic heterocycles. The van der Waals surface area contributed by atoms with Crippen molar-refractivity contribution in [3.8, 4) is 0 Å². The lowest BCUT2D eigenvalue weighted by molar-refractivity contribution is -0.137. The summed E-state index contributed by atoms with van der Waals surface area (Å²) in [6, 6.07) is 0.698. The Balaban J connectivity index is 2.61. The second-order valence-electron chi connectivity index (χ2n) is 4.77. The lowest BCUT2D eigenvalue weighted by Crippen LogP contribution is -2.62. The molecule has 0 radical (unpaired) electrons. The molecule has 0 aromatic rings. The molecule has 0 aliphatic carbocycles. The molecule has 0 aromatic carbocycles. The average Bonchev–Trinajstić information content (AvgIpc) is 1.99. The highest BCUT2D eigenvalue weighted by atomic mass is 16.1. The smallest absolute Gasteiger partial charge is 0.152 e. The molecule has 0 N–H and O–H groups in total. The van der Waals surface area contributed by atoms with Crippen molar-refractivity contribution in [1.29, 1.82) is 0 Å². The summed E-state index contributed by atoms with van der Waals surface area (Å²) in [5.41, 5.74) is 0. The van der Waals surface area contributed by atoms with Gasteiger partial charge in [0.1, 0.15) is 0 Å². The van der Waals surface area contributed by atoms with Crippen LogP contribution in [0.25, 0.3) is 0 Å². The van der Waals surface area contributed by atoms with E-state index in [0.717, 1.165) is 6.54 Å². The zero-order chi connectivity index (χ0) is 10.2. The Kier molecular flexibility index (Phi) is 3.12. The normalized spacial score (nSPS) is 29.5. The standard InChI is InChI=1S/C11H21NO/c1-7(2)11(13)10-9(5)6-12(10)8(3)4/h7-10H,6H2,1-5H3/t9-,10+/m1/s1. The highest BCUT2D eigenvalue weighted by Gasteiger charge is 2.42. The molecule has 76 valence electrons. The van der Waals surface area contributed by atoms with Gasteiger partial charge in [0, 0.05) is 18.5 Å². The van der Waals surface area contributed by atoms with Crippen molar-refractivity contribution in [2.75, 3.05) is 6.54 Å². The molecule has 0 bridgehead atoms. The first kappa shape index (κ1) is 10.7. The van der Waals surface area contributed by atoms with E-state index in [0.29, 0.717) is 17.7 Å². The number of hydrogen-bond acceptors (Lipinski definition) is 2. The molecule has 0 unspecified atom stereocenters. The molecule has 1 saturated heterocycles. The summed E-state index contributed by atoms with van der Waals surface area (Å²) in [6.45, 7) is 11.6. The van der Waals surface area contributed by atoms with E-state index in [9.17, 15) is 4.79 Å². The molecule has 0 spiro atoms. The summed E-state index contributed by atoms with van der Waals surface area (Å²) < 4.78 is 0. The largest absolute Gasteiger partial charge is 0.298 e. The Hall–Kier alpha value is -0.370. The van der Waals surface area contributed by atoms with Crippen LogP contribution in [0.3, 0.4) is 0 Å². The van der Waals surface area contributed by atoms with Gasteiger partial charge in [-0.25, -0.2) is 0 Å². The number of hydrogen-bond donors (Lipinski definition) is 0. The van der Waals surface area contributed by atoms with Crippen LogP contribution in [0.5, 0.6) is 0 Å². The number of carbonyl (C=O) groups is 1. The van der Waals surface area contributed by atoms with Gasteiger partial charge in [-0.3, -0.25) is 9.69 Å². The van der Waals surface area contributed by atoms with Crippen LogP contribution in [0.1, 0.15) is 34.6 Å². The van der Waals surface area contributed by atoms with Crippen molar-refractivity contribution < 1.29 is 4.79 Å². The third-order valence-corrected chi connectivity index (χ3v) is 2.92. The summed E-state index contributed by atoms with van der Waals surface area (Å²) in [7, 11) is 0. The van der Waals surface area contributed by atoms with Gasteiger partial charge in [0.15, 0.2) is 5.78 Å². The average molecular weight is 183 g/mol. The van der Waals surface area contributed by atoms with Gasteiger partial charge < -0.3 is 0 Å². The summed E-state index contributed by atoms with van der Waals surface area (Å²) in [5, 5.41) is 0. The van der Waals surface area contributed by atoms with Crippen molar-refractivity contribution in [3.05, 3.63) is 0 Å². The maximum Gasteiger partial charge on any atom is 0.152 e. The fourth-order valence-electron chi connectivity index (χ4n) is 2.05. The molecule has 2 nitrogen and oxygen atoms in total. The Morgan fingerprint density at radius 3 is 2.15 bits per heavy atom. The Morgan fingerprint density at radius 2 is 1.85 bits per heavy atom. The number of likely N-dealkylation sites (tertiary alicyclic amines) is 1. The molecular formula is C11H21NO. The van der Waals surface area contributed by atoms with E-state index in [4.69, 9.17) is 0 Å². The zero-order valence-electron chi connectivity index (χ0n) is 9.37. The first-order chi connectivity index (χ1) is 5.95. The van der Waals surface area contributed by atoms with Crippen LogP contribution in [0.2, 0.25) is 0 Å². The summed E-state index contributed by atoms with van der Waals surface area (Å²) in [4.78, 5) is 14.1. The minimum atomic E-state index is 0.175. The molecule has 1 rings (SSSR count). The van der Waals surface area contributed by atoms with Gasteiger partial charge in [0.25, 0.3) is 0 Å². The SMILES string of the molecule is CC(C)C(=O)[C@@H]1[C@H](C)CN1C(C)C. The second-order valence-corrected chi connectivity index (χ2v) is 4.77. The van der Waals surface area contributed by atoms with E-state index < -0.39 is 0 Å². The number of carbonyl (C=O) groups excluding carboxylic acids is 1. The quantitative estimate of drug-likeness (QED) is 0.666. The molecule has 13 heavy (non-hydrogen) atoms. The molecular weight excluding hydrogens is 162 g/mol. The maximum absolute atomic E-state index is 11.8. The fraction of sp³-hybridized carbons (Fsp3) is 0.909. The molecule has 2 heteroatoms. The molecule has 1 aliphatic rings. The molecule has 0 amide bonds. The minimum Gasteiger partial charge on any atom is -0.298 e. The number of Topliss-reactive ketones (excluding diaryl/α,β-unsaturated/α-hetero) is 1. The van der Waals surface area contributed by atoms with Crippen molar-refractivity contribution in [3.63, 3.8) is 0 Å². The number of ketones is 1. The Morgan fingerprint density at radius 1 is 1.31 bits per heavy atom.